The van der Waals surface area contributed by atoms with Gasteiger partial charge in [-0.2, -0.15) is 0 Å². The Labute approximate surface area is 92.2 Å². The molecule has 0 radical (unpaired) electrons. The van der Waals surface area contributed by atoms with Gasteiger partial charge >= 0.3 is 5.69 Å². The van der Waals surface area contributed by atoms with Crippen LogP contribution in [0.5, 0.6) is 5.75 Å². The zero-order valence-corrected chi connectivity index (χ0v) is 8.85. The molecule has 0 heterocycles. The van der Waals surface area contributed by atoms with Crippen molar-refractivity contribution in [2.45, 2.75) is 12.6 Å². The highest BCUT2D eigenvalue weighted by molar-refractivity contribution is 5.53. The maximum absolute atomic E-state index is 13.6. The van der Waals surface area contributed by atoms with Gasteiger partial charge in [-0.3, -0.25) is 10.1 Å². The van der Waals surface area contributed by atoms with Crippen molar-refractivity contribution in [2.24, 2.45) is 5.73 Å². The van der Waals surface area contributed by atoms with Crippen LogP contribution in [-0.2, 0) is 0 Å². The van der Waals surface area contributed by atoms with Crippen LogP contribution in [0.3, 0.4) is 0 Å². The predicted molar refractivity (Wildman–Crippen MR) is 57.2 cm³/mol. The van der Waals surface area contributed by atoms with Crippen LogP contribution in [0, 0.1) is 10.1 Å². The number of hydrogen-bond acceptors (Lipinski definition) is 4. The molecule has 1 rings (SSSR count). The molecule has 88 valence electrons. The van der Waals surface area contributed by atoms with E-state index in [2.05, 4.69) is 0 Å². The topological polar surface area (TPSA) is 78.4 Å². The molecule has 0 spiro atoms. The van der Waals surface area contributed by atoms with Gasteiger partial charge in [-0.1, -0.05) is 6.07 Å². The summed E-state index contributed by atoms with van der Waals surface area (Å²) in [6.45, 7) is 0.134. The average Bonchev–Trinajstić information content (AvgIpc) is 2.28. The highest BCUT2D eigenvalue weighted by Gasteiger charge is 2.25. The second kappa shape index (κ2) is 5.41. The van der Waals surface area contributed by atoms with E-state index in [1.807, 2.05) is 0 Å². The van der Waals surface area contributed by atoms with Crippen molar-refractivity contribution in [3.8, 4) is 5.75 Å². The second-order valence-corrected chi connectivity index (χ2v) is 3.20. The Morgan fingerprint density at radius 3 is 2.81 bits per heavy atom. The molecule has 0 saturated heterocycles. The van der Waals surface area contributed by atoms with E-state index in [1.165, 1.54) is 25.3 Å². The first-order valence-electron chi connectivity index (χ1n) is 4.77. The Kier molecular flexibility index (Phi) is 4.19. The van der Waals surface area contributed by atoms with Crippen LogP contribution in [0.1, 0.15) is 18.2 Å². The molecule has 0 amide bonds. The van der Waals surface area contributed by atoms with Crippen molar-refractivity contribution in [1.82, 2.24) is 0 Å². The fraction of sp³-hybridized carbons (Fsp3) is 0.400. The lowest BCUT2D eigenvalue weighted by Gasteiger charge is -2.10. The average molecular weight is 228 g/mol. The minimum atomic E-state index is -1.44. The summed E-state index contributed by atoms with van der Waals surface area (Å²) < 4.78 is 18.5. The van der Waals surface area contributed by atoms with Gasteiger partial charge in [-0.25, -0.2) is 4.39 Å². The van der Waals surface area contributed by atoms with Gasteiger partial charge in [0.1, 0.15) is 6.17 Å². The van der Waals surface area contributed by atoms with Gasteiger partial charge in [-0.15, -0.1) is 0 Å². The molecule has 1 atom stereocenters. The Balaban J connectivity index is 3.21. The number of nitrogens with zero attached hydrogens (tertiary/aromatic N) is 1. The Hall–Kier alpha value is -1.69. The van der Waals surface area contributed by atoms with Crippen molar-refractivity contribution < 1.29 is 14.1 Å². The summed E-state index contributed by atoms with van der Waals surface area (Å²) in [6, 6.07) is 4.32. The Morgan fingerprint density at radius 2 is 2.31 bits per heavy atom. The van der Waals surface area contributed by atoms with E-state index in [-0.39, 0.29) is 30.0 Å². The molecule has 0 aliphatic rings. The zero-order chi connectivity index (χ0) is 12.1. The third-order valence-corrected chi connectivity index (χ3v) is 2.19. The van der Waals surface area contributed by atoms with E-state index in [0.29, 0.717) is 0 Å². The molecule has 16 heavy (non-hydrogen) atoms. The number of nitrogens with two attached hydrogens (primary N) is 1. The molecule has 0 aromatic heterocycles. The molecule has 0 aliphatic heterocycles. The molecular weight excluding hydrogens is 215 g/mol. The number of nitro groups is 1. The molecule has 0 saturated carbocycles. The van der Waals surface area contributed by atoms with E-state index >= 15 is 0 Å². The fourth-order valence-corrected chi connectivity index (χ4v) is 1.45. The van der Waals surface area contributed by atoms with Gasteiger partial charge in [0.15, 0.2) is 5.75 Å². The number of alkyl halides is 1. The molecule has 0 bridgehead atoms. The van der Waals surface area contributed by atoms with Crippen LogP contribution in [0.15, 0.2) is 18.2 Å². The number of nitro benzene ring substituents is 1. The first-order valence-corrected chi connectivity index (χ1v) is 4.77. The van der Waals surface area contributed by atoms with E-state index in [4.69, 9.17) is 10.5 Å². The van der Waals surface area contributed by atoms with Crippen molar-refractivity contribution in [3.05, 3.63) is 33.9 Å². The zero-order valence-electron chi connectivity index (χ0n) is 8.85. The lowest BCUT2D eigenvalue weighted by Crippen LogP contribution is -2.06. The number of rotatable bonds is 5. The summed E-state index contributed by atoms with van der Waals surface area (Å²) in [5.74, 6) is 0.0576. The summed E-state index contributed by atoms with van der Waals surface area (Å²) in [5, 5.41) is 10.8. The first-order chi connectivity index (χ1) is 7.61. The maximum Gasteiger partial charge on any atom is 0.316 e. The second-order valence-electron chi connectivity index (χ2n) is 3.20. The van der Waals surface area contributed by atoms with Gasteiger partial charge in [0.25, 0.3) is 0 Å². The summed E-state index contributed by atoms with van der Waals surface area (Å²) >= 11 is 0. The van der Waals surface area contributed by atoms with Gasteiger partial charge in [0, 0.05) is 0 Å². The van der Waals surface area contributed by atoms with Crippen molar-refractivity contribution >= 4 is 5.69 Å². The lowest BCUT2D eigenvalue weighted by atomic mass is 10.1. The monoisotopic (exact) mass is 228 g/mol. The number of ether oxygens (including phenoxy) is 1. The van der Waals surface area contributed by atoms with Crippen molar-refractivity contribution in [1.29, 1.82) is 0 Å². The Morgan fingerprint density at radius 1 is 1.62 bits per heavy atom. The Bertz CT molecular complexity index is 384. The van der Waals surface area contributed by atoms with E-state index in [0.717, 1.165) is 0 Å². The lowest BCUT2D eigenvalue weighted by molar-refractivity contribution is -0.386. The molecule has 1 aromatic carbocycles. The summed E-state index contributed by atoms with van der Waals surface area (Å²) in [4.78, 5) is 10.2. The maximum atomic E-state index is 13.6. The SMILES string of the molecule is COc1cccc(C(F)CCN)c1[N+](=O)[O-]. The molecule has 1 unspecified atom stereocenters. The van der Waals surface area contributed by atoms with Gasteiger partial charge in [-0.05, 0) is 25.1 Å². The van der Waals surface area contributed by atoms with Crippen molar-refractivity contribution in [3.63, 3.8) is 0 Å². The van der Waals surface area contributed by atoms with Gasteiger partial charge < -0.3 is 10.5 Å². The fourth-order valence-electron chi connectivity index (χ4n) is 1.45. The third-order valence-electron chi connectivity index (χ3n) is 2.19. The molecular formula is C10H13FN2O3. The van der Waals surface area contributed by atoms with Crippen LogP contribution < -0.4 is 10.5 Å². The summed E-state index contributed by atoms with van der Waals surface area (Å²) in [5.41, 5.74) is 4.90. The van der Waals surface area contributed by atoms with Crippen LogP contribution in [0.4, 0.5) is 10.1 Å². The van der Waals surface area contributed by atoms with Crippen molar-refractivity contribution in [2.75, 3.05) is 13.7 Å². The van der Waals surface area contributed by atoms with Crippen LogP contribution in [0.25, 0.3) is 0 Å². The number of halogens is 1. The van der Waals surface area contributed by atoms with E-state index < -0.39 is 11.1 Å². The number of para-hydroxylation sites is 1. The minimum absolute atomic E-state index is 0.00907. The predicted octanol–water partition coefficient (Wildman–Crippen LogP) is 1.96. The largest absolute Gasteiger partial charge is 0.490 e. The number of methoxy groups -OCH3 is 1. The first kappa shape index (κ1) is 12.4. The minimum Gasteiger partial charge on any atom is -0.490 e. The molecule has 2 N–H and O–H groups in total. The van der Waals surface area contributed by atoms with Gasteiger partial charge in [0.05, 0.1) is 17.6 Å². The smallest absolute Gasteiger partial charge is 0.316 e. The molecule has 0 fully saturated rings. The van der Waals surface area contributed by atoms with Crippen LogP contribution >= 0.6 is 0 Å². The quantitative estimate of drug-likeness (QED) is 0.617. The third kappa shape index (κ3) is 2.46. The number of hydrogen-bond donors (Lipinski definition) is 1. The van der Waals surface area contributed by atoms with E-state index in [1.54, 1.807) is 0 Å². The molecule has 0 aliphatic carbocycles. The molecule has 5 nitrogen and oxygen atoms in total. The summed E-state index contributed by atoms with van der Waals surface area (Å²) in [6.07, 6.45) is -1.39. The summed E-state index contributed by atoms with van der Waals surface area (Å²) in [7, 11) is 1.31. The standard InChI is InChI=1S/C10H13FN2O3/c1-16-9-4-2-3-7(8(11)5-6-12)10(9)13(14)15/h2-4,8H,5-6,12H2,1H3. The van der Waals surface area contributed by atoms with Crippen LogP contribution in [-0.4, -0.2) is 18.6 Å². The number of benzene rings is 1. The van der Waals surface area contributed by atoms with Crippen LogP contribution in [0.2, 0.25) is 0 Å². The molecule has 6 heteroatoms. The highest BCUT2D eigenvalue weighted by atomic mass is 19.1. The highest BCUT2D eigenvalue weighted by Crippen LogP contribution is 2.36. The van der Waals surface area contributed by atoms with Gasteiger partial charge in [0.2, 0.25) is 0 Å². The van der Waals surface area contributed by atoms with E-state index in [9.17, 15) is 14.5 Å². The normalized spacial score (nSPS) is 12.2. The molecule has 1 aromatic rings.